The molecule has 1 rings (SSSR count). The zero-order valence-corrected chi connectivity index (χ0v) is 11.2. The lowest BCUT2D eigenvalue weighted by atomic mass is 9.79. The first-order valence-corrected chi connectivity index (χ1v) is 6.55. The summed E-state index contributed by atoms with van der Waals surface area (Å²) in [6.45, 7) is 12.2. The number of unbranched alkanes of at least 4 members (excludes halogenated alkanes) is 1. The van der Waals surface area contributed by atoms with Crippen molar-refractivity contribution in [2.24, 2.45) is 5.41 Å². The van der Waals surface area contributed by atoms with Crippen LogP contribution in [0.5, 0.6) is 0 Å². The predicted molar refractivity (Wildman–Crippen MR) is 75.6 cm³/mol. The molecule has 0 aromatic rings. The van der Waals surface area contributed by atoms with E-state index in [4.69, 9.17) is 0 Å². The zero-order valence-electron chi connectivity index (χ0n) is 11.2. The highest BCUT2D eigenvalue weighted by Gasteiger charge is 2.19. The Morgan fingerprint density at radius 3 is 1.81 bits per heavy atom. The summed E-state index contributed by atoms with van der Waals surface area (Å²) in [6, 6.07) is 0. The minimum absolute atomic E-state index is 0.416. The Morgan fingerprint density at radius 1 is 1.12 bits per heavy atom. The van der Waals surface area contributed by atoms with Crippen molar-refractivity contribution in [1.29, 1.82) is 0 Å². The van der Waals surface area contributed by atoms with Gasteiger partial charge in [-0.2, -0.15) is 0 Å². The highest BCUT2D eigenvalue weighted by molar-refractivity contribution is 4.93. The fraction of sp³-hybridized carbons (Fsp3) is 0.625. The van der Waals surface area contributed by atoms with Crippen LogP contribution in [-0.4, -0.2) is 0 Å². The molecule has 0 nitrogen and oxygen atoms in total. The fourth-order valence-electron chi connectivity index (χ4n) is 1.75. The second-order valence-electron chi connectivity index (χ2n) is 4.95. The summed E-state index contributed by atoms with van der Waals surface area (Å²) in [5.74, 6) is 0. The van der Waals surface area contributed by atoms with Gasteiger partial charge in [-0.1, -0.05) is 51.0 Å². The first kappa shape index (κ1) is 15.2. The fourth-order valence-corrected chi connectivity index (χ4v) is 1.75. The molecule has 0 aromatic heterocycles. The Kier molecular flexibility index (Phi) is 8.99. The van der Waals surface area contributed by atoms with E-state index in [1.807, 2.05) is 12.2 Å². The molecule has 0 bridgehead atoms. The molecule has 0 atom stereocenters. The van der Waals surface area contributed by atoms with Crippen LogP contribution in [0.25, 0.3) is 0 Å². The maximum atomic E-state index is 3.80. The van der Waals surface area contributed by atoms with E-state index in [1.54, 1.807) is 0 Å². The molecule has 0 heteroatoms. The van der Waals surface area contributed by atoms with Gasteiger partial charge in [0.2, 0.25) is 0 Å². The second-order valence-corrected chi connectivity index (χ2v) is 4.95. The third-order valence-corrected chi connectivity index (χ3v) is 3.07. The molecule has 1 aliphatic carbocycles. The van der Waals surface area contributed by atoms with Crippen LogP contribution in [0.1, 0.15) is 58.8 Å². The maximum Gasteiger partial charge on any atom is -0.0257 e. The predicted octanol–water partition coefficient (Wildman–Crippen LogP) is 5.67. The zero-order chi connectivity index (χ0) is 12.3. The number of allylic oxidation sites excluding steroid dienone is 4. The van der Waals surface area contributed by atoms with Crippen LogP contribution < -0.4 is 0 Å². The van der Waals surface area contributed by atoms with Crippen LogP contribution in [0.3, 0.4) is 0 Å². The molecule has 0 amide bonds. The first-order valence-electron chi connectivity index (χ1n) is 6.55. The number of hydrogen-bond acceptors (Lipinski definition) is 0. The summed E-state index contributed by atoms with van der Waals surface area (Å²) in [4.78, 5) is 0. The van der Waals surface area contributed by atoms with E-state index in [1.165, 1.54) is 32.1 Å². The van der Waals surface area contributed by atoms with Crippen molar-refractivity contribution in [1.82, 2.24) is 0 Å². The average Bonchev–Trinajstić information content (AvgIpc) is 2.13. The molecule has 0 radical (unpaired) electrons. The minimum atomic E-state index is 0.416. The van der Waals surface area contributed by atoms with Gasteiger partial charge in [0.25, 0.3) is 0 Å². The molecule has 92 valence electrons. The highest BCUT2D eigenvalue weighted by Crippen LogP contribution is 2.32. The van der Waals surface area contributed by atoms with Gasteiger partial charge in [0.05, 0.1) is 0 Å². The van der Waals surface area contributed by atoms with Gasteiger partial charge in [0.15, 0.2) is 0 Å². The Bertz CT molecular complexity index is 194. The van der Waals surface area contributed by atoms with Gasteiger partial charge in [-0.05, 0) is 37.5 Å². The van der Waals surface area contributed by atoms with E-state index in [0.717, 1.165) is 12.8 Å². The summed E-state index contributed by atoms with van der Waals surface area (Å²) >= 11 is 0. The molecule has 1 aliphatic rings. The van der Waals surface area contributed by atoms with Crippen LogP contribution >= 0.6 is 0 Å². The van der Waals surface area contributed by atoms with Crippen molar-refractivity contribution in [3.63, 3.8) is 0 Å². The normalized spacial score (nSPS) is 13.4. The van der Waals surface area contributed by atoms with E-state index < -0.39 is 0 Å². The van der Waals surface area contributed by atoms with Crippen LogP contribution in [0.15, 0.2) is 37.5 Å². The Labute approximate surface area is 102 Å². The average molecular weight is 220 g/mol. The molecule has 0 N–H and O–H groups in total. The number of rotatable bonds is 7. The Hall–Kier alpha value is -0.780. The van der Waals surface area contributed by atoms with Gasteiger partial charge >= 0.3 is 0 Å². The topological polar surface area (TPSA) is 0 Å². The third-order valence-electron chi connectivity index (χ3n) is 3.07. The van der Waals surface area contributed by atoms with E-state index in [0.29, 0.717) is 5.41 Å². The molecule has 16 heavy (non-hydrogen) atoms. The van der Waals surface area contributed by atoms with E-state index in [9.17, 15) is 0 Å². The van der Waals surface area contributed by atoms with Crippen LogP contribution in [0, 0.1) is 5.41 Å². The molecule has 0 unspecified atom stereocenters. The monoisotopic (exact) mass is 220 g/mol. The van der Waals surface area contributed by atoms with Crippen molar-refractivity contribution >= 4 is 0 Å². The quantitative estimate of drug-likeness (QED) is 0.485. The Balaban J connectivity index is 0.000000462. The van der Waals surface area contributed by atoms with E-state index in [-0.39, 0.29) is 0 Å². The van der Waals surface area contributed by atoms with Crippen LogP contribution in [0.4, 0.5) is 0 Å². The van der Waals surface area contributed by atoms with Gasteiger partial charge in [-0.15, -0.1) is 13.2 Å². The maximum absolute atomic E-state index is 3.80. The summed E-state index contributed by atoms with van der Waals surface area (Å²) in [5, 5.41) is 0. The van der Waals surface area contributed by atoms with Gasteiger partial charge in [-0.25, -0.2) is 0 Å². The molecule has 0 aliphatic heterocycles. The van der Waals surface area contributed by atoms with Gasteiger partial charge < -0.3 is 0 Å². The molecule has 0 saturated carbocycles. The summed E-state index contributed by atoms with van der Waals surface area (Å²) in [7, 11) is 0. The van der Waals surface area contributed by atoms with E-state index >= 15 is 0 Å². The van der Waals surface area contributed by atoms with Gasteiger partial charge in [-0.3, -0.25) is 0 Å². The molecular weight excluding hydrogens is 192 g/mol. The van der Waals surface area contributed by atoms with Crippen LogP contribution in [0.2, 0.25) is 0 Å². The molecule has 0 aromatic carbocycles. The summed E-state index contributed by atoms with van der Waals surface area (Å²) in [6.07, 6.45) is 17.2. The van der Waals surface area contributed by atoms with E-state index in [2.05, 4.69) is 39.2 Å². The van der Waals surface area contributed by atoms with Gasteiger partial charge in [0, 0.05) is 0 Å². The molecule has 0 heterocycles. The standard InChI is InChI=1S/C12H22.C4H6/c1-5-8-11-12(4,9-6-2)10-7-3;1-2-4-3-1/h6-7H,2-3,5,8-11H2,1,4H3;1-2H,3-4H2. The first-order chi connectivity index (χ1) is 7.68. The SMILES string of the molecule is C1=CCC1.C=CCC(C)(CC=C)CCCC. The van der Waals surface area contributed by atoms with Crippen molar-refractivity contribution in [3.05, 3.63) is 37.5 Å². The van der Waals surface area contributed by atoms with Crippen molar-refractivity contribution in [2.45, 2.75) is 58.8 Å². The second kappa shape index (κ2) is 9.45. The molecule has 0 saturated heterocycles. The summed E-state index contributed by atoms with van der Waals surface area (Å²) in [5.41, 5.74) is 0.416. The minimum Gasteiger partial charge on any atom is -0.103 e. The molecular formula is C16H28. The van der Waals surface area contributed by atoms with Crippen LogP contribution in [-0.2, 0) is 0 Å². The number of hydrogen-bond donors (Lipinski definition) is 0. The lowest BCUT2D eigenvalue weighted by Crippen LogP contribution is -2.14. The smallest absolute Gasteiger partial charge is 0.0257 e. The molecule has 0 fully saturated rings. The van der Waals surface area contributed by atoms with Crippen molar-refractivity contribution < 1.29 is 0 Å². The Morgan fingerprint density at radius 2 is 1.56 bits per heavy atom. The third kappa shape index (κ3) is 7.50. The van der Waals surface area contributed by atoms with Crippen molar-refractivity contribution in [2.75, 3.05) is 0 Å². The molecule has 0 spiro atoms. The lowest BCUT2D eigenvalue weighted by Gasteiger charge is -2.26. The largest absolute Gasteiger partial charge is 0.103 e. The van der Waals surface area contributed by atoms with Gasteiger partial charge in [0.1, 0.15) is 0 Å². The highest BCUT2D eigenvalue weighted by atomic mass is 14.2. The lowest BCUT2D eigenvalue weighted by molar-refractivity contribution is 0.295. The van der Waals surface area contributed by atoms with Crippen molar-refractivity contribution in [3.8, 4) is 0 Å². The summed E-state index contributed by atoms with van der Waals surface area (Å²) < 4.78 is 0.